The molecule has 2 rings (SSSR count). The molecule has 150 valence electrons. The average molecular weight is 478 g/mol. The molecular weight excluding hydrogens is 443 g/mol. The van der Waals surface area contributed by atoms with Crippen molar-refractivity contribution in [3.8, 4) is 0 Å². The lowest BCUT2D eigenvalue weighted by atomic mass is 10.1. The van der Waals surface area contributed by atoms with Gasteiger partial charge in [-0.15, -0.1) is 24.0 Å². The van der Waals surface area contributed by atoms with Gasteiger partial charge in [0.1, 0.15) is 5.76 Å². The van der Waals surface area contributed by atoms with Crippen LogP contribution in [-0.2, 0) is 19.4 Å². The lowest BCUT2D eigenvalue weighted by Gasteiger charge is -2.37. The Hall–Kier alpha value is -0.870. The normalized spacial score (nSPS) is 19.3. The van der Waals surface area contributed by atoms with E-state index in [1.165, 1.54) is 0 Å². The van der Waals surface area contributed by atoms with E-state index in [4.69, 9.17) is 9.52 Å². The molecule has 1 aliphatic rings. The SMILES string of the molecule is CCNC(=NCc1c(CC)noc1CC)NCC1CN(C)CCN1C.I. The van der Waals surface area contributed by atoms with Crippen LogP contribution in [0.3, 0.4) is 0 Å². The second kappa shape index (κ2) is 11.8. The van der Waals surface area contributed by atoms with Crippen LogP contribution in [0.4, 0.5) is 0 Å². The van der Waals surface area contributed by atoms with E-state index in [2.05, 4.69) is 60.5 Å². The van der Waals surface area contributed by atoms with Gasteiger partial charge in [-0.25, -0.2) is 4.99 Å². The lowest BCUT2D eigenvalue weighted by Crippen LogP contribution is -2.55. The van der Waals surface area contributed by atoms with E-state index < -0.39 is 0 Å². The summed E-state index contributed by atoms with van der Waals surface area (Å²) >= 11 is 0. The number of guanidine groups is 1. The van der Waals surface area contributed by atoms with Crippen LogP contribution in [0.15, 0.2) is 9.52 Å². The van der Waals surface area contributed by atoms with Gasteiger partial charge in [0, 0.05) is 50.7 Å². The van der Waals surface area contributed by atoms with Gasteiger partial charge in [0.15, 0.2) is 5.96 Å². The highest BCUT2D eigenvalue weighted by Gasteiger charge is 2.22. The number of halogens is 1. The predicted octanol–water partition coefficient (Wildman–Crippen LogP) is 1.72. The molecular formula is C18H35IN6O. The van der Waals surface area contributed by atoms with E-state index in [9.17, 15) is 0 Å². The maximum absolute atomic E-state index is 5.44. The highest BCUT2D eigenvalue weighted by molar-refractivity contribution is 14.0. The number of aromatic nitrogens is 1. The van der Waals surface area contributed by atoms with E-state index >= 15 is 0 Å². The molecule has 1 atom stereocenters. The summed E-state index contributed by atoms with van der Waals surface area (Å²) in [5, 5.41) is 11.0. The van der Waals surface area contributed by atoms with Crippen molar-refractivity contribution in [3.05, 3.63) is 17.0 Å². The van der Waals surface area contributed by atoms with Gasteiger partial charge in [0.2, 0.25) is 0 Å². The van der Waals surface area contributed by atoms with Gasteiger partial charge in [-0.1, -0.05) is 19.0 Å². The van der Waals surface area contributed by atoms with Crippen molar-refractivity contribution in [2.75, 3.05) is 46.8 Å². The van der Waals surface area contributed by atoms with Crippen LogP contribution >= 0.6 is 24.0 Å². The average Bonchev–Trinajstić information content (AvgIpc) is 3.02. The van der Waals surface area contributed by atoms with Gasteiger partial charge in [0.05, 0.1) is 12.2 Å². The Morgan fingerprint density at radius 1 is 1.19 bits per heavy atom. The number of likely N-dealkylation sites (N-methyl/N-ethyl adjacent to an activating group) is 2. The minimum atomic E-state index is 0. The number of rotatable bonds is 7. The van der Waals surface area contributed by atoms with Gasteiger partial charge < -0.3 is 20.1 Å². The fraction of sp³-hybridized carbons (Fsp3) is 0.778. The van der Waals surface area contributed by atoms with Crippen molar-refractivity contribution in [1.82, 2.24) is 25.6 Å². The monoisotopic (exact) mass is 478 g/mol. The molecule has 8 heteroatoms. The molecule has 0 spiro atoms. The molecule has 1 aromatic heterocycles. The lowest BCUT2D eigenvalue weighted by molar-refractivity contribution is 0.116. The molecule has 1 aromatic rings. The Bertz CT molecular complexity index is 540. The van der Waals surface area contributed by atoms with Crippen LogP contribution in [0.1, 0.15) is 37.8 Å². The zero-order valence-corrected chi connectivity index (χ0v) is 19.2. The molecule has 2 N–H and O–H groups in total. The third kappa shape index (κ3) is 6.38. The number of nitrogens with zero attached hydrogens (tertiary/aromatic N) is 4. The Labute approximate surface area is 175 Å². The second-order valence-electron chi connectivity index (χ2n) is 6.71. The predicted molar refractivity (Wildman–Crippen MR) is 117 cm³/mol. The first-order chi connectivity index (χ1) is 12.1. The van der Waals surface area contributed by atoms with Crippen LogP contribution in [0.2, 0.25) is 0 Å². The van der Waals surface area contributed by atoms with E-state index in [1.54, 1.807) is 0 Å². The topological polar surface area (TPSA) is 68.9 Å². The van der Waals surface area contributed by atoms with Crippen molar-refractivity contribution in [2.45, 2.75) is 46.2 Å². The second-order valence-corrected chi connectivity index (χ2v) is 6.71. The molecule has 0 bridgehead atoms. The van der Waals surface area contributed by atoms with Gasteiger partial charge in [-0.05, 0) is 27.4 Å². The summed E-state index contributed by atoms with van der Waals surface area (Å²) in [6.45, 7) is 11.9. The van der Waals surface area contributed by atoms with Crippen molar-refractivity contribution in [3.63, 3.8) is 0 Å². The van der Waals surface area contributed by atoms with Crippen LogP contribution in [-0.4, -0.2) is 73.8 Å². The Morgan fingerprint density at radius 3 is 2.62 bits per heavy atom. The number of hydrogen-bond donors (Lipinski definition) is 2. The Balaban J connectivity index is 0.00000338. The zero-order valence-electron chi connectivity index (χ0n) is 16.8. The molecule has 1 saturated heterocycles. The highest BCUT2D eigenvalue weighted by atomic mass is 127. The Kier molecular flexibility index (Phi) is 10.5. The quantitative estimate of drug-likeness (QED) is 0.354. The summed E-state index contributed by atoms with van der Waals surface area (Å²) in [6, 6.07) is 0.496. The smallest absolute Gasteiger partial charge is 0.191 e. The molecule has 0 aliphatic carbocycles. The molecule has 1 fully saturated rings. The number of aliphatic imine (C=N–C) groups is 1. The van der Waals surface area contributed by atoms with E-state index in [0.29, 0.717) is 12.6 Å². The summed E-state index contributed by atoms with van der Waals surface area (Å²) in [4.78, 5) is 9.57. The molecule has 0 aromatic carbocycles. The van der Waals surface area contributed by atoms with E-state index in [1.807, 2.05) is 0 Å². The van der Waals surface area contributed by atoms with Crippen LogP contribution in [0.25, 0.3) is 0 Å². The van der Waals surface area contributed by atoms with Crippen molar-refractivity contribution in [1.29, 1.82) is 0 Å². The maximum atomic E-state index is 5.44. The Morgan fingerprint density at radius 2 is 1.96 bits per heavy atom. The van der Waals surface area contributed by atoms with Crippen molar-refractivity contribution >= 4 is 29.9 Å². The molecule has 1 unspecified atom stereocenters. The summed E-state index contributed by atoms with van der Waals surface area (Å²) < 4.78 is 5.44. The summed E-state index contributed by atoms with van der Waals surface area (Å²) in [6.07, 6.45) is 1.72. The van der Waals surface area contributed by atoms with Crippen molar-refractivity contribution in [2.24, 2.45) is 4.99 Å². The van der Waals surface area contributed by atoms with Crippen LogP contribution in [0, 0.1) is 0 Å². The molecule has 1 aliphatic heterocycles. The molecule has 0 amide bonds. The van der Waals surface area contributed by atoms with Gasteiger partial charge in [0.25, 0.3) is 0 Å². The fourth-order valence-corrected chi connectivity index (χ4v) is 3.15. The number of aryl methyl sites for hydroxylation is 2. The first-order valence-electron chi connectivity index (χ1n) is 9.46. The molecule has 0 saturated carbocycles. The maximum Gasteiger partial charge on any atom is 0.191 e. The number of piperazine rings is 1. The molecule has 2 heterocycles. The molecule has 0 radical (unpaired) electrons. The third-order valence-electron chi connectivity index (χ3n) is 4.83. The minimum absolute atomic E-state index is 0. The van der Waals surface area contributed by atoms with E-state index in [0.717, 1.165) is 68.5 Å². The largest absolute Gasteiger partial charge is 0.361 e. The van der Waals surface area contributed by atoms with Crippen LogP contribution in [0.5, 0.6) is 0 Å². The third-order valence-corrected chi connectivity index (χ3v) is 4.83. The van der Waals surface area contributed by atoms with Crippen LogP contribution < -0.4 is 10.6 Å². The van der Waals surface area contributed by atoms with Gasteiger partial charge >= 0.3 is 0 Å². The highest BCUT2D eigenvalue weighted by Crippen LogP contribution is 2.16. The van der Waals surface area contributed by atoms with Gasteiger partial charge in [-0.2, -0.15) is 0 Å². The summed E-state index contributed by atoms with van der Waals surface area (Å²) in [5.41, 5.74) is 2.15. The minimum Gasteiger partial charge on any atom is -0.361 e. The summed E-state index contributed by atoms with van der Waals surface area (Å²) in [5.74, 6) is 1.81. The number of nitrogens with one attached hydrogen (secondary N) is 2. The summed E-state index contributed by atoms with van der Waals surface area (Å²) in [7, 11) is 4.38. The standard InChI is InChI=1S/C18H34N6O.HI/c1-6-16-15(17(7-2)25-22-16)12-21-18(19-8-3)20-11-14-13-23(4)9-10-24(14)5;/h14H,6-13H2,1-5H3,(H2,19,20,21);1H. The first-order valence-corrected chi connectivity index (χ1v) is 9.46. The molecule has 7 nitrogen and oxygen atoms in total. The number of hydrogen-bond acceptors (Lipinski definition) is 5. The van der Waals surface area contributed by atoms with E-state index in [-0.39, 0.29) is 24.0 Å². The zero-order chi connectivity index (χ0) is 18.2. The van der Waals surface area contributed by atoms with Crippen molar-refractivity contribution < 1.29 is 4.52 Å². The fourth-order valence-electron chi connectivity index (χ4n) is 3.15. The molecule has 26 heavy (non-hydrogen) atoms. The first kappa shape index (κ1) is 23.2. The van der Waals surface area contributed by atoms with Gasteiger partial charge in [-0.3, -0.25) is 4.90 Å².